The summed E-state index contributed by atoms with van der Waals surface area (Å²) in [6.45, 7) is 18.1. The molecule has 1 amide bonds. The molecule has 14 nitrogen and oxygen atoms in total. The maximum atomic E-state index is 14.5. The summed E-state index contributed by atoms with van der Waals surface area (Å²) in [6.07, 6.45) is -0.529. The van der Waals surface area contributed by atoms with Gasteiger partial charge in [0.2, 0.25) is 5.91 Å². The van der Waals surface area contributed by atoms with Gasteiger partial charge in [-0.1, -0.05) is 46.3 Å². The van der Waals surface area contributed by atoms with Crippen LogP contribution in [0.4, 0.5) is 0 Å². The fourth-order valence-corrected chi connectivity index (χ4v) is 15.3. The molecule has 5 saturated carbocycles. The Morgan fingerprint density at radius 3 is 2.23 bits per heavy atom. The molecule has 0 aromatic heterocycles. The third-order valence-electron chi connectivity index (χ3n) is 19.0. The summed E-state index contributed by atoms with van der Waals surface area (Å²) >= 11 is 0. The number of esters is 1. The number of ether oxygens (including phenoxy) is 5. The van der Waals surface area contributed by atoms with Crippen LogP contribution in [0.1, 0.15) is 131 Å². The van der Waals surface area contributed by atoms with E-state index in [9.17, 15) is 40.2 Å². The Morgan fingerprint density at radius 2 is 1.53 bits per heavy atom. The topological polar surface area (TPSA) is 214 Å². The summed E-state index contributed by atoms with van der Waals surface area (Å²) in [5.41, 5.74) is -0.0431. The van der Waals surface area contributed by atoms with Crippen LogP contribution in [0.25, 0.3) is 0 Å². The van der Waals surface area contributed by atoms with E-state index < -0.39 is 72.2 Å². The lowest BCUT2D eigenvalue weighted by molar-refractivity contribution is -0.366. The molecule has 2 saturated heterocycles. The molecule has 62 heavy (non-hydrogen) atoms. The first-order chi connectivity index (χ1) is 29.2. The van der Waals surface area contributed by atoms with Crippen LogP contribution in [-0.2, 0) is 33.3 Å². The fourth-order valence-electron chi connectivity index (χ4n) is 15.3. The second-order valence-electron chi connectivity index (χ2n) is 21.9. The maximum Gasteiger partial charge on any atom is 0.305 e. The predicted octanol–water partition coefficient (Wildman–Crippen LogP) is 4.14. The van der Waals surface area contributed by atoms with Crippen LogP contribution in [0.2, 0.25) is 0 Å². The van der Waals surface area contributed by atoms with Gasteiger partial charge >= 0.3 is 5.97 Å². The van der Waals surface area contributed by atoms with Crippen molar-refractivity contribution in [3.63, 3.8) is 0 Å². The minimum absolute atomic E-state index is 0.00240. The molecule has 0 aromatic carbocycles. The quantitative estimate of drug-likeness (QED) is 0.0601. The van der Waals surface area contributed by atoms with Gasteiger partial charge in [0.05, 0.1) is 37.9 Å². The Bertz CT molecular complexity index is 1630. The SMILES string of the molecule is C=C(C)[C@@H]1CC[C@]2(C(=O)NCCCCCC(=O)OC)CC[C@]3(C)[C@H](CC[C@@H]4[C@@]5(C)CC[C@H](O[C@@H]6OC[C@H](O)[C@H](O)[C@H]6O[C@@H]6O[C@@H](C)[C@H](O)[C@@H](O)[C@H]6O)[C@@](C)(CO)[C@@H]5CC[C@]43C)[C@@H]12. The molecule has 7 fully saturated rings. The van der Waals surface area contributed by atoms with E-state index in [0.717, 1.165) is 77.0 Å². The summed E-state index contributed by atoms with van der Waals surface area (Å²) in [5.74, 6) is 1.38. The number of allylic oxidation sites excluding steroid dienone is 1. The van der Waals surface area contributed by atoms with Crippen molar-refractivity contribution in [1.29, 1.82) is 0 Å². The minimum atomic E-state index is -1.63. The number of hydrogen-bond donors (Lipinski definition) is 7. The predicted molar refractivity (Wildman–Crippen MR) is 228 cm³/mol. The van der Waals surface area contributed by atoms with Crippen molar-refractivity contribution in [2.45, 2.75) is 193 Å². The Morgan fingerprint density at radius 1 is 0.790 bits per heavy atom. The molecule has 5 aliphatic carbocycles. The van der Waals surface area contributed by atoms with Crippen LogP contribution in [0.5, 0.6) is 0 Å². The van der Waals surface area contributed by atoms with Gasteiger partial charge in [-0.3, -0.25) is 9.59 Å². The van der Waals surface area contributed by atoms with Gasteiger partial charge in [-0.05, 0) is 137 Å². The van der Waals surface area contributed by atoms with E-state index in [2.05, 4.69) is 46.5 Å². The minimum Gasteiger partial charge on any atom is -0.469 e. The first kappa shape index (κ1) is 48.2. The number of nitrogens with one attached hydrogen (secondary N) is 1. The molecule has 7 rings (SSSR count). The molecule has 2 heterocycles. The van der Waals surface area contributed by atoms with Crippen LogP contribution in [-0.4, -0.2) is 131 Å². The number of rotatable bonds is 13. The highest BCUT2D eigenvalue weighted by molar-refractivity contribution is 5.84. The Labute approximate surface area is 368 Å². The molecule has 0 spiro atoms. The molecule has 0 radical (unpaired) electrons. The molecule has 354 valence electrons. The molecule has 14 heteroatoms. The lowest BCUT2D eigenvalue weighted by atomic mass is 9.32. The van der Waals surface area contributed by atoms with E-state index in [4.69, 9.17) is 23.7 Å². The average Bonchev–Trinajstić information content (AvgIpc) is 3.65. The molecule has 20 atom stereocenters. The lowest BCUT2D eigenvalue weighted by Crippen LogP contribution is -2.68. The van der Waals surface area contributed by atoms with Gasteiger partial charge in [-0.15, -0.1) is 0 Å². The number of carbonyl (C=O) groups is 2. The zero-order chi connectivity index (χ0) is 45.2. The van der Waals surface area contributed by atoms with Crippen molar-refractivity contribution in [1.82, 2.24) is 5.32 Å². The first-order valence-electron chi connectivity index (χ1n) is 23.8. The van der Waals surface area contributed by atoms with Gasteiger partial charge in [0, 0.05) is 18.4 Å². The number of carbonyl (C=O) groups excluding carboxylic acids is 2. The third kappa shape index (κ3) is 7.83. The number of amides is 1. The molecule has 0 unspecified atom stereocenters. The van der Waals surface area contributed by atoms with E-state index in [0.29, 0.717) is 37.1 Å². The van der Waals surface area contributed by atoms with Gasteiger partial charge in [-0.25, -0.2) is 0 Å². The molecular formula is C48H79NO13. The molecule has 7 aliphatic rings. The monoisotopic (exact) mass is 878 g/mol. The van der Waals surface area contributed by atoms with Gasteiger partial charge < -0.3 is 59.6 Å². The fraction of sp³-hybridized carbons (Fsp3) is 0.917. The van der Waals surface area contributed by atoms with Gasteiger partial charge in [-0.2, -0.15) is 0 Å². The van der Waals surface area contributed by atoms with E-state index >= 15 is 0 Å². The number of aliphatic hydroxyl groups excluding tert-OH is 6. The van der Waals surface area contributed by atoms with E-state index in [1.165, 1.54) is 19.6 Å². The summed E-state index contributed by atoms with van der Waals surface area (Å²) in [5, 5.41) is 68.1. The standard InChI is InChI=1S/C48H79NO13/c1-26(2)28-15-20-48(43(57)49-23-11-9-10-12-34(52)58-8)22-21-46(6)29(35(28)48)13-14-32-44(4)18-17-33(45(5,25-50)31(44)16-19-47(32,46)7)61-42-40(37(54)30(51)24-59-42)62-41-39(56)38(55)36(53)27(3)60-41/h27-33,35-42,50-51,53-56H,1,9-25H2,2-8H3,(H,49,57)/t27-,28-,29+,30-,31+,32+,33-,35+,36-,37-,38+,39+,40+,41-,42-,44-,45-,46+,47+,48-/m0/s1. The Hall–Kier alpha value is -1.72. The van der Waals surface area contributed by atoms with Crippen molar-refractivity contribution < 1.29 is 63.9 Å². The van der Waals surface area contributed by atoms with Crippen molar-refractivity contribution in [3.8, 4) is 0 Å². The van der Waals surface area contributed by atoms with Crippen molar-refractivity contribution in [2.75, 3.05) is 26.9 Å². The van der Waals surface area contributed by atoms with E-state index in [1.54, 1.807) is 0 Å². The number of unbranched alkanes of at least 4 members (excludes halogenated alkanes) is 2. The van der Waals surface area contributed by atoms with Crippen LogP contribution in [0.15, 0.2) is 12.2 Å². The molecule has 0 aromatic rings. The van der Waals surface area contributed by atoms with Gasteiger partial charge in [0.25, 0.3) is 0 Å². The van der Waals surface area contributed by atoms with Crippen molar-refractivity contribution in [3.05, 3.63) is 12.2 Å². The molecular weight excluding hydrogens is 799 g/mol. The highest BCUT2D eigenvalue weighted by Gasteiger charge is 2.72. The number of hydrogen-bond acceptors (Lipinski definition) is 13. The van der Waals surface area contributed by atoms with Crippen LogP contribution in [0.3, 0.4) is 0 Å². The maximum absolute atomic E-state index is 14.5. The summed E-state index contributed by atoms with van der Waals surface area (Å²) in [6, 6.07) is 0. The second-order valence-corrected chi connectivity index (χ2v) is 21.9. The summed E-state index contributed by atoms with van der Waals surface area (Å²) < 4.78 is 29.3. The van der Waals surface area contributed by atoms with Crippen molar-refractivity contribution >= 4 is 11.9 Å². The average molecular weight is 878 g/mol. The highest BCUT2D eigenvalue weighted by atomic mass is 16.8. The number of methoxy groups -OCH3 is 1. The zero-order valence-corrected chi connectivity index (χ0v) is 38.4. The molecule has 2 aliphatic heterocycles. The second kappa shape index (κ2) is 18.2. The normalized spacial score (nSPS) is 50.0. The lowest BCUT2D eigenvalue weighted by Gasteiger charge is -2.73. The highest BCUT2D eigenvalue weighted by Crippen LogP contribution is 2.77. The van der Waals surface area contributed by atoms with Crippen LogP contribution >= 0.6 is 0 Å². The summed E-state index contributed by atoms with van der Waals surface area (Å²) in [4.78, 5) is 26.1. The Balaban J connectivity index is 1.08. The van der Waals surface area contributed by atoms with Crippen LogP contribution in [0, 0.1) is 56.7 Å². The third-order valence-corrected chi connectivity index (χ3v) is 19.0. The number of fused-ring (bicyclic) bond motifs is 7. The smallest absolute Gasteiger partial charge is 0.305 e. The van der Waals surface area contributed by atoms with E-state index in [-0.39, 0.29) is 53.2 Å². The largest absolute Gasteiger partial charge is 0.469 e. The van der Waals surface area contributed by atoms with Gasteiger partial charge in [0.1, 0.15) is 36.6 Å². The Kier molecular flexibility index (Phi) is 14.1. The van der Waals surface area contributed by atoms with Crippen molar-refractivity contribution in [2.24, 2.45) is 56.7 Å². The van der Waals surface area contributed by atoms with Crippen LogP contribution < -0.4 is 5.32 Å². The van der Waals surface area contributed by atoms with Gasteiger partial charge in [0.15, 0.2) is 12.6 Å². The molecule has 0 bridgehead atoms. The summed E-state index contributed by atoms with van der Waals surface area (Å²) in [7, 11) is 1.41. The zero-order valence-electron chi connectivity index (χ0n) is 38.4. The number of aliphatic hydroxyl groups is 6. The van der Waals surface area contributed by atoms with E-state index in [1.807, 2.05) is 0 Å². The first-order valence-corrected chi connectivity index (χ1v) is 23.8. The molecule has 7 N–H and O–H groups in total.